The van der Waals surface area contributed by atoms with Gasteiger partial charge in [-0.2, -0.15) is 0 Å². The van der Waals surface area contributed by atoms with Crippen LogP contribution in [0.3, 0.4) is 0 Å². The monoisotopic (exact) mass is 306 g/mol. The van der Waals surface area contributed by atoms with Gasteiger partial charge in [-0.05, 0) is 33.6 Å². The molecule has 0 spiro atoms. The number of esters is 1. The number of hydrogen-bond acceptors (Lipinski definition) is 3. The van der Waals surface area contributed by atoms with E-state index in [9.17, 15) is 18.4 Å². The minimum atomic E-state index is -2.95. The Kier molecular flexibility index (Phi) is 7.53. The zero-order valence-electron chi connectivity index (χ0n) is 12.8. The number of carbonyl (C=O) groups excluding carboxylic acids is 1. The lowest BCUT2D eigenvalue weighted by Crippen LogP contribution is -2.28. The van der Waals surface area contributed by atoms with Gasteiger partial charge in [0.1, 0.15) is 5.60 Å². The summed E-state index contributed by atoms with van der Waals surface area (Å²) in [6.07, 6.45) is -0.0428. The highest BCUT2D eigenvalue weighted by Crippen LogP contribution is 2.29. The molecule has 0 rings (SSSR count). The second-order valence-electron chi connectivity index (χ2n) is 6.05. The molecule has 0 heterocycles. The quantitative estimate of drug-likeness (QED) is 0.520. The molecule has 1 N–H and O–H groups in total. The maximum Gasteiger partial charge on any atom is 0.307 e. The Morgan fingerprint density at radius 1 is 1.29 bits per heavy atom. The Hall–Kier alpha value is -1.46. The van der Waals surface area contributed by atoms with Crippen molar-refractivity contribution in [2.24, 2.45) is 5.92 Å². The van der Waals surface area contributed by atoms with Crippen molar-refractivity contribution in [3.63, 3.8) is 0 Å². The molecule has 0 unspecified atom stereocenters. The van der Waals surface area contributed by atoms with E-state index in [-0.39, 0.29) is 19.3 Å². The van der Waals surface area contributed by atoms with Crippen LogP contribution in [0.2, 0.25) is 0 Å². The fourth-order valence-corrected chi connectivity index (χ4v) is 1.72. The molecule has 0 aliphatic heterocycles. The van der Waals surface area contributed by atoms with E-state index in [1.54, 1.807) is 20.8 Å². The summed E-state index contributed by atoms with van der Waals surface area (Å²) in [4.78, 5) is 22.6. The van der Waals surface area contributed by atoms with Crippen molar-refractivity contribution in [2.75, 3.05) is 0 Å². The maximum absolute atomic E-state index is 13.5. The third-order valence-electron chi connectivity index (χ3n) is 2.76. The Bertz CT molecular complexity index is 372. The number of aliphatic carboxylic acids is 1. The molecule has 122 valence electrons. The number of halogens is 2. The summed E-state index contributed by atoms with van der Waals surface area (Å²) < 4.78 is 32.0. The van der Waals surface area contributed by atoms with Crippen LogP contribution in [0, 0.1) is 5.92 Å². The number of alkyl halides is 2. The molecule has 0 aliphatic carbocycles. The average molecular weight is 306 g/mol. The molecule has 0 bridgehead atoms. The molecular formula is C15H24F2O4. The van der Waals surface area contributed by atoms with Crippen LogP contribution in [0.25, 0.3) is 0 Å². The van der Waals surface area contributed by atoms with Gasteiger partial charge in [-0.3, -0.25) is 9.59 Å². The van der Waals surface area contributed by atoms with Crippen molar-refractivity contribution in [1.82, 2.24) is 0 Å². The summed E-state index contributed by atoms with van der Waals surface area (Å²) in [6.45, 7) is 8.34. The molecule has 0 radical (unpaired) electrons. The Morgan fingerprint density at radius 2 is 1.86 bits per heavy atom. The fourth-order valence-electron chi connectivity index (χ4n) is 1.72. The predicted molar refractivity (Wildman–Crippen MR) is 75.2 cm³/mol. The first-order valence-electron chi connectivity index (χ1n) is 6.90. The van der Waals surface area contributed by atoms with Gasteiger partial charge in [0.2, 0.25) is 5.92 Å². The molecule has 0 aromatic heterocycles. The van der Waals surface area contributed by atoms with Crippen LogP contribution in [-0.2, 0) is 14.3 Å². The molecule has 0 aliphatic rings. The number of carboxylic acids is 1. The number of carboxylic acid groups (broad SMARTS) is 1. The average Bonchev–Trinajstić information content (AvgIpc) is 2.29. The second-order valence-corrected chi connectivity index (χ2v) is 6.05. The summed E-state index contributed by atoms with van der Waals surface area (Å²) in [5.74, 6) is -6.06. The lowest BCUT2D eigenvalue weighted by Gasteiger charge is -2.22. The van der Waals surface area contributed by atoms with Gasteiger partial charge in [-0.25, -0.2) is 8.78 Å². The minimum absolute atomic E-state index is 0.163. The summed E-state index contributed by atoms with van der Waals surface area (Å²) in [5.41, 5.74) is -0.728. The van der Waals surface area contributed by atoms with Gasteiger partial charge in [0.05, 0.1) is 12.3 Å². The summed E-state index contributed by atoms with van der Waals surface area (Å²) in [6, 6.07) is 0. The molecule has 4 nitrogen and oxygen atoms in total. The third-order valence-corrected chi connectivity index (χ3v) is 2.76. The van der Waals surface area contributed by atoms with Crippen molar-refractivity contribution in [3.05, 3.63) is 12.7 Å². The number of allylic oxidation sites excluding steroid dienone is 1. The van der Waals surface area contributed by atoms with Crippen LogP contribution in [0.1, 0.15) is 52.9 Å². The summed E-state index contributed by atoms with van der Waals surface area (Å²) >= 11 is 0. The fraction of sp³-hybridized carbons (Fsp3) is 0.733. The van der Waals surface area contributed by atoms with Gasteiger partial charge in [0.15, 0.2) is 0 Å². The normalized spacial score (nSPS) is 13.6. The molecule has 0 amide bonds. The standard InChI is InChI=1S/C15H24F2O4/c1-5-6-8-15(16,17)9-7-11(13(19)20)10-12(18)21-14(2,3)4/h5,11H,1,6-10H2,2-4H3,(H,19,20)/t11-/m1/s1. The zero-order chi connectivity index (χ0) is 16.7. The summed E-state index contributed by atoms with van der Waals surface area (Å²) in [5, 5.41) is 9.02. The van der Waals surface area contributed by atoms with E-state index in [2.05, 4.69) is 6.58 Å². The lowest BCUT2D eigenvalue weighted by molar-refractivity contribution is -0.160. The number of carbonyl (C=O) groups is 2. The van der Waals surface area contributed by atoms with E-state index >= 15 is 0 Å². The van der Waals surface area contributed by atoms with E-state index in [4.69, 9.17) is 9.84 Å². The molecule has 0 aromatic carbocycles. The van der Waals surface area contributed by atoms with Gasteiger partial charge < -0.3 is 9.84 Å². The predicted octanol–water partition coefficient (Wildman–Crippen LogP) is 3.80. The van der Waals surface area contributed by atoms with E-state index in [0.717, 1.165) is 0 Å². The minimum Gasteiger partial charge on any atom is -0.481 e. The largest absolute Gasteiger partial charge is 0.481 e. The molecule has 21 heavy (non-hydrogen) atoms. The van der Waals surface area contributed by atoms with E-state index < -0.39 is 42.2 Å². The van der Waals surface area contributed by atoms with Crippen molar-refractivity contribution in [3.8, 4) is 0 Å². The molecule has 6 heteroatoms. The van der Waals surface area contributed by atoms with E-state index in [1.807, 2.05) is 0 Å². The number of hydrogen-bond donors (Lipinski definition) is 1. The topological polar surface area (TPSA) is 63.6 Å². The van der Waals surface area contributed by atoms with Gasteiger partial charge in [-0.15, -0.1) is 6.58 Å². The maximum atomic E-state index is 13.5. The zero-order valence-corrected chi connectivity index (χ0v) is 12.8. The van der Waals surface area contributed by atoms with Gasteiger partial charge in [0, 0.05) is 12.8 Å². The van der Waals surface area contributed by atoms with Crippen molar-refractivity contribution in [2.45, 2.75) is 64.4 Å². The first kappa shape index (κ1) is 19.5. The van der Waals surface area contributed by atoms with Gasteiger partial charge in [0.25, 0.3) is 0 Å². The Balaban J connectivity index is 4.47. The van der Waals surface area contributed by atoms with E-state index in [1.165, 1.54) is 6.08 Å². The van der Waals surface area contributed by atoms with Crippen molar-refractivity contribution < 1.29 is 28.2 Å². The highest BCUT2D eigenvalue weighted by Gasteiger charge is 2.32. The molecule has 0 saturated carbocycles. The SMILES string of the molecule is C=CCCC(F)(F)CC[C@H](CC(=O)OC(C)(C)C)C(=O)O. The second kappa shape index (κ2) is 8.10. The molecule has 0 saturated heterocycles. The van der Waals surface area contributed by atoms with Crippen LogP contribution in [0.4, 0.5) is 8.78 Å². The highest BCUT2D eigenvalue weighted by atomic mass is 19.3. The molecule has 0 fully saturated rings. The first-order valence-corrected chi connectivity index (χ1v) is 6.90. The lowest BCUT2D eigenvalue weighted by atomic mass is 9.95. The van der Waals surface area contributed by atoms with Crippen molar-refractivity contribution in [1.29, 1.82) is 0 Å². The van der Waals surface area contributed by atoms with Gasteiger partial charge >= 0.3 is 11.9 Å². The van der Waals surface area contributed by atoms with Crippen LogP contribution in [0.5, 0.6) is 0 Å². The number of rotatable bonds is 9. The number of ether oxygens (including phenoxy) is 1. The smallest absolute Gasteiger partial charge is 0.307 e. The van der Waals surface area contributed by atoms with Gasteiger partial charge in [-0.1, -0.05) is 6.08 Å². The summed E-state index contributed by atoms with van der Waals surface area (Å²) in [7, 11) is 0. The van der Waals surface area contributed by atoms with Crippen LogP contribution in [-0.4, -0.2) is 28.6 Å². The van der Waals surface area contributed by atoms with Crippen LogP contribution < -0.4 is 0 Å². The van der Waals surface area contributed by atoms with Crippen LogP contribution >= 0.6 is 0 Å². The first-order chi connectivity index (χ1) is 9.47. The van der Waals surface area contributed by atoms with Crippen LogP contribution in [0.15, 0.2) is 12.7 Å². The van der Waals surface area contributed by atoms with Crippen molar-refractivity contribution >= 4 is 11.9 Å². The Morgan fingerprint density at radius 3 is 2.29 bits per heavy atom. The Labute approximate surface area is 124 Å². The molecule has 0 aromatic rings. The third kappa shape index (κ3) is 9.98. The van der Waals surface area contributed by atoms with E-state index in [0.29, 0.717) is 0 Å². The highest BCUT2D eigenvalue weighted by molar-refractivity contribution is 5.78. The molecule has 1 atom stereocenters. The molecular weight excluding hydrogens is 282 g/mol.